The summed E-state index contributed by atoms with van der Waals surface area (Å²) < 4.78 is 0. The van der Waals surface area contributed by atoms with Gasteiger partial charge in [0.15, 0.2) is 0 Å². The molecular formula is C20H13Cl2N5O2. The summed E-state index contributed by atoms with van der Waals surface area (Å²) in [6.45, 7) is 0. The molecule has 0 bridgehead atoms. The molecule has 3 aromatic carbocycles. The van der Waals surface area contributed by atoms with Gasteiger partial charge in [0, 0.05) is 26.8 Å². The van der Waals surface area contributed by atoms with Gasteiger partial charge in [0.2, 0.25) is 11.6 Å². The molecule has 0 aliphatic heterocycles. The first kappa shape index (κ1) is 18.9. The Hall–Kier alpha value is -3.42. The van der Waals surface area contributed by atoms with Crippen molar-refractivity contribution in [3.8, 4) is 0 Å². The highest BCUT2D eigenvalue weighted by atomic mass is 35.5. The smallest absolute Gasteiger partial charge is 0.334 e. The molecule has 1 aromatic heterocycles. The minimum Gasteiger partial charge on any atom is -0.334 e. The molecule has 2 N–H and O–H groups in total. The van der Waals surface area contributed by atoms with E-state index in [2.05, 4.69) is 20.6 Å². The normalized spacial score (nSPS) is 10.7. The predicted octanol–water partition coefficient (Wildman–Crippen LogP) is 6.33. The molecule has 7 nitrogen and oxygen atoms in total. The number of halogens is 2. The van der Waals surface area contributed by atoms with Crippen LogP contribution in [-0.4, -0.2) is 14.9 Å². The molecule has 0 unspecified atom stereocenters. The van der Waals surface area contributed by atoms with Gasteiger partial charge >= 0.3 is 5.69 Å². The van der Waals surface area contributed by atoms with Gasteiger partial charge in [0.1, 0.15) is 6.33 Å². The first-order valence-corrected chi connectivity index (χ1v) is 9.24. The number of fused-ring (bicyclic) bond motifs is 1. The van der Waals surface area contributed by atoms with Gasteiger partial charge in [0.05, 0.1) is 4.92 Å². The Kier molecular flexibility index (Phi) is 5.16. The Labute approximate surface area is 175 Å². The highest BCUT2D eigenvalue weighted by Crippen LogP contribution is 2.35. The molecule has 0 saturated heterocycles. The fourth-order valence-corrected chi connectivity index (χ4v) is 3.49. The molecule has 0 atom stereocenters. The first-order chi connectivity index (χ1) is 14.0. The Bertz CT molecular complexity index is 1210. The van der Waals surface area contributed by atoms with E-state index in [1.165, 1.54) is 6.33 Å². The average molecular weight is 426 g/mol. The van der Waals surface area contributed by atoms with Crippen molar-refractivity contribution in [1.82, 2.24) is 9.97 Å². The third-order valence-corrected chi connectivity index (χ3v) is 4.61. The number of anilines is 4. The zero-order valence-corrected chi connectivity index (χ0v) is 16.3. The largest absolute Gasteiger partial charge is 0.353 e. The van der Waals surface area contributed by atoms with Crippen molar-refractivity contribution in [3.05, 3.63) is 87.2 Å². The summed E-state index contributed by atoms with van der Waals surface area (Å²) in [4.78, 5) is 19.4. The quantitative estimate of drug-likeness (QED) is 0.286. The summed E-state index contributed by atoms with van der Waals surface area (Å²) in [6.07, 6.45) is 1.24. The van der Waals surface area contributed by atoms with Crippen LogP contribution in [0.25, 0.3) is 10.8 Å². The maximum Gasteiger partial charge on any atom is 0.353 e. The van der Waals surface area contributed by atoms with E-state index in [4.69, 9.17) is 23.2 Å². The Morgan fingerprint density at radius 1 is 0.862 bits per heavy atom. The number of nitro groups is 1. The second-order valence-corrected chi connectivity index (χ2v) is 6.98. The standard InChI is InChI=1S/C20H13Cl2N5O2/c21-13-8-14(22)10-15(9-13)25-19-18(27(28)29)20(24-11-23-19)26-17-7-3-5-12-4-1-2-6-16(12)17/h1-11H,(H2,23,24,25,26). The summed E-state index contributed by atoms with van der Waals surface area (Å²) in [5.41, 5.74) is 0.874. The van der Waals surface area contributed by atoms with Crippen molar-refractivity contribution in [2.45, 2.75) is 0 Å². The molecule has 1 heterocycles. The number of nitrogens with zero attached hydrogens (tertiary/aromatic N) is 3. The van der Waals surface area contributed by atoms with Crippen LogP contribution in [0.4, 0.5) is 28.7 Å². The average Bonchev–Trinajstić information content (AvgIpc) is 2.67. The van der Waals surface area contributed by atoms with Gasteiger partial charge in [-0.15, -0.1) is 0 Å². The fraction of sp³-hybridized carbons (Fsp3) is 0. The second kappa shape index (κ2) is 7.90. The van der Waals surface area contributed by atoms with Crippen molar-refractivity contribution >= 4 is 62.7 Å². The van der Waals surface area contributed by atoms with Crippen LogP contribution >= 0.6 is 23.2 Å². The number of rotatable bonds is 5. The lowest BCUT2D eigenvalue weighted by Crippen LogP contribution is -2.05. The predicted molar refractivity (Wildman–Crippen MR) is 116 cm³/mol. The lowest BCUT2D eigenvalue weighted by Gasteiger charge is -2.12. The van der Waals surface area contributed by atoms with Crippen LogP contribution in [-0.2, 0) is 0 Å². The molecule has 29 heavy (non-hydrogen) atoms. The summed E-state index contributed by atoms with van der Waals surface area (Å²) in [6, 6.07) is 18.1. The SMILES string of the molecule is O=[N+]([O-])c1c(Nc2cc(Cl)cc(Cl)c2)ncnc1Nc1cccc2ccccc12. The molecule has 4 rings (SSSR count). The molecule has 0 fully saturated rings. The molecule has 144 valence electrons. The number of hydrogen-bond acceptors (Lipinski definition) is 6. The van der Waals surface area contributed by atoms with E-state index in [0.717, 1.165) is 10.8 Å². The second-order valence-electron chi connectivity index (χ2n) is 6.11. The lowest BCUT2D eigenvalue weighted by atomic mass is 10.1. The van der Waals surface area contributed by atoms with Gasteiger partial charge in [-0.2, -0.15) is 0 Å². The fourth-order valence-electron chi connectivity index (χ4n) is 2.96. The van der Waals surface area contributed by atoms with Crippen LogP contribution in [0.2, 0.25) is 10.0 Å². The van der Waals surface area contributed by atoms with E-state index in [0.29, 0.717) is 21.4 Å². The van der Waals surface area contributed by atoms with Crippen LogP contribution in [0.3, 0.4) is 0 Å². The van der Waals surface area contributed by atoms with Crippen LogP contribution in [0.15, 0.2) is 67.0 Å². The number of aromatic nitrogens is 2. The topological polar surface area (TPSA) is 93.0 Å². The van der Waals surface area contributed by atoms with Gasteiger partial charge in [-0.3, -0.25) is 10.1 Å². The highest BCUT2D eigenvalue weighted by molar-refractivity contribution is 6.35. The minimum absolute atomic E-state index is 0.0195. The highest BCUT2D eigenvalue weighted by Gasteiger charge is 2.24. The molecular weight excluding hydrogens is 413 g/mol. The monoisotopic (exact) mass is 425 g/mol. The van der Waals surface area contributed by atoms with Crippen molar-refractivity contribution in [2.24, 2.45) is 0 Å². The van der Waals surface area contributed by atoms with Crippen molar-refractivity contribution in [1.29, 1.82) is 0 Å². The summed E-state index contributed by atoms with van der Waals surface area (Å²) in [7, 11) is 0. The van der Waals surface area contributed by atoms with Crippen molar-refractivity contribution in [3.63, 3.8) is 0 Å². The van der Waals surface area contributed by atoms with E-state index in [1.807, 2.05) is 42.5 Å². The van der Waals surface area contributed by atoms with Crippen LogP contribution in [0.5, 0.6) is 0 Å². The number of nitrogens with one attached hydrogen (secondary N) is 2. The zero-order valence-electron chi connectivity index (χ0n) is 14.8. The van der Waals surface area contributed by atoms with E-state index in [9.17, 15) is 10.1 Å². The van der Waals surface area contributed by atoms with Gasteiger partial charge < -0.3 is 10.6 Å². The van der Waals surface area contributed by atoms with E-state index >= 15 is 0 Å². The maximum atomic E-state index is 11.8. The van der Waals surface area contributed by atoms with Crippen LogP contribution < -0.4 is 10.6 Å². The van der Waals surface area contributed by atoms with Crippen molar-refractivity contribution < 1.29 is 4.92 Å². The summed E-state index contributed by atoms with van der Waals surface area (Å²) in [5, 5.41) is 20.5. The number of benzene rings is 3. The number of hydrogen-bond donors (Lipinski definition) is 2. The molecule has 0 spiro atoms. The van der Waals surface area contributed by atoms with Gasteiger partial charge in [0.25, 0.3) is 0 Å². The third kappa shape index (κ3) is 4.06. The van der Waals surface area contributed by atoms with Gasteiger partial charge in [-0.1, -0.05) is 59.6 Å². The maximum absolute atomic E-state index is 11.8. The minimum atomic E-state index is -0.540. The van der Waals surface area contributed by atoms with Crippen molar-refractivity contribution in [2.75, 3.05) is 10.6 Å². The van der Waals surface area contributed by atoms with Gasteiger partial charge in [-0.05, 0) is 29.7 Å². The Morgan fingerprint density at radius 2 is 1.52 bits per heavy atom. The molecule has 0 aliphatic rings. The summed E-state index contributed by atoms with van der Waals surface area (Å²) in [5.74, 6) is 0.0862. The first-order valence-electron chi connectivity index (χ1n) is 8.48. The molecule has 0 saturated carbocycles. The lowest BCUT2D eigenvalue weighted by molar-refractivity contribution is -0.383. The molecule has 9 heteroatoms. The zero-order chi connectivity index (χ0) is 20.4. The van der Waals surface area contributed by atoms with E-state index in [-0.39, 0.29) is 17.3 Å². The summed E-state index contributed by atoms with van der Waals surface area (Å²) >= 11 is 12.0. The molecule has 4 aromatic rings. The third-order valence-electron chi connectivity index (χ3n) is 4.17. The van der Waals surface area contributed by atoms with Gasteiger partial charge in [-0.25, -0.2) is 9.97 Å². The van der Waals surface area contributed by atoms with Crippen LogP contribution in [0, 0.1) is 10.1 Å². The van der Waals surface area contributed by atoms with Crippen LogP contribution in [0.1, 0.15) is 0 Å². The molecule has 0 radical (unpaired) electrons. The molecule has 0 amide bonds. The Balaban J connectivity index is 1.76. The van der Waals surface area contributed by atoms with E-state index < -0.39 is 4.92 Å². The molecule has 0 aliphatic carbocycles. The van der Waals surface area contributed by atoms with E-state index in [1.54, 1.807) is 18.2 Å². The Morgan fingerprint density at radius 3 is 2.24 bits per heavy atom.